The number of aromatic amines is 1. The summed E-state index contributed by atoms with van der Waals surface area (Å²) in [6, 6.07) is 8.00. The Kier molecular flexibility index (Phi) is 4.86. The molecular weight excluding hydrogens is 390 g/mol. The average Bonchev–Trinajstić information content (AvgIpc) is 3.40. The van der Waals surface area contributed by atoms with E-state index in [1.165, 1.54) is 0 Å². The van der Waals surface area contributed by atoms with Crippen LogP contribution in [0, 0.1) is 19.8 Å². The van der Waals surface area contributed by atoms with Crippen molar-refractivity contribution in [1.29, 1.82) is 0 Å². The predicted molar refractivity (Wildman–Crippen MR) is 118 cm³/mol. The fraction of sp³-hybridized carbons (Fsp3) is 0.250. The van der Waals surface area contributed by atoms with Gasteiger partial charge in [-0.15, -0.1) is 0 Å². The Morgan fingerprint density at radius 2 is 1.94 bits per heavy atom. The molecule has 0 aliphatic heterocycles. The molecule has 4 heterocycles. The molecule has 0 bridgehead atoms. The normalized spacial score (nSPS) is 17.9. The van der Waals surface area contributed by atoms with Gasteiger partial charge in [0.2, 0.25) is 5.88 Å². The molecule has 7 nitrogen and oxygen atoms in total. The van der Waals surface area contributed by atoms with Crippen molar-refractivity contribution < 1.29 is 9.47 Å². The number of hydrogen-bond donors (Lipinski definition) is 1. The summed E-state index contributed by atoms with van der Waals surface area (Å²) < 4.78 is 11.1. The lowest BCUT2D eigenvalue weighted by atomic mass is 10.1. The van der Waals surface area contributed by atoms with Gasteiger partial charge in [0, 0.05) is 35.0 Å². The zero-order valence-corrected chi connectivity index (χ0v) is 17.7. The summed E-state index contributed by atoms with van der Waals surface area (Å²) in [5.41, 5.74) is 5.19. The number of methoxy groups -OCH3 is 1. The molecule has 1 N–H and O–H groups in total. The molecule has 2 atom stereocenters. The summed E-state index contributed by atoms with van der Waals surface area (Å²) >= 11 is 0. The van der Waals surface area contributed by atoms with Crippen molar-refractivity contribution in [2.45, 2.75) is 26.2 Å². The third-order valence-electron chi connectivity index (χ3n) is 5.67. The SMILES string of the molecule is COc1ccc(C2CC2C=COc2nc(C)c(C)nc2-c2cnc3[nH]ccc3c2)nc1. The van der Waals surface area contributed by atoms with Crippen LogP contribution in [0.1, 0.15) is 29.4 Å². The van der Waals surface area contributed by atoms with Gasteiger partial charge in [0.15, 0.2) is 0 Å². The molecule has 1 saturated carbocycles. The lowest BCUT2D eigenvalue weighted by Crippen LogP contribution is -2.00. The van der Waals surface area contributed by atoms with E-state index in [0.717, 1.165) is 45.8 Å². The average molecular weight is 413 g/mol. The predicted octanol–water partition coefficient (Wildman–Crippen LogP) is 4.74. The van der Waals surface area contributed by atoms with Crippen LogP contribution in [-0.2, 0) is 0 Å². The molecule has 1 fully saturated rings. The Labute approximate surface area is 180 Å². The minimum absolute atomic E-state index is 0.404. The van der Waals surface area contributed by atoms with Crippen molar-refractivity contribution >= 4 is 11.0 Å². The minimum atomic E-state index is 0.404. The number of hydrogen-bond acceptors (Lipinski definition) is 6. The van der Waals surface area contributed by atoms with E-state index in [1.807, 2.05) is 44.3 Å². The Balaban J connectivity index is 1.35. The summed E-state index contributed by atoms with van der Waals surface area (Å²) in [6.07, 6.45) is 10.3. The molecule has 0 saturated heterocycles. The van der Waals surface area contributed by atoms with E-state index in [0.29, 0.717) is 23.4 Å². The van der Waals surface area contributed by atoms with Crippen molar-refractivity contribution in [2.24, 2.45) is 5.92 Å². The molecule has 1 aliphatic carbocycles. The van der Waals surface area contributed by atoms with Gasteiger partial charge in [-0.2, -0.15) is 0 Å². The van der Waals surface area contributed by atoms with Crippen LogP contribution >= 0.6 is 0 Å². The number of nitrogens with zero attached hydrogens (tertiary/aromatic N) is 4. The van der Waals surface area contributed by atoms with Gasteiger partial charge >= 0.3 is 0 Å². The van der Waals surface area contributed by atoms with E-state index in [4.69, 9.17) is 14.5 Å². The van der Waals surface area contributed by atoms with Crippen molar-refractivity contribution in [1.82, 2.24) is 24.9 Å². The number of ether oxygens (including phenoxy) is 2. The van der Waals surface area contributed by atoms with Gasteiger partial charge in [0.1, 0.15) is 17.1 Å². The van der Waals surface area contributed by atoms with Gasteiger partial charge < -0.3 is 14.5 Å². The number of fused-ring (bicyclic) bond motifs is 1. The van der Waals surface area contributed by atoms with Crippen LogP contribution in [0.15, 0.2) is 55.2 Å². The Morgan fingerprint density at radius 1 is 1.06 bits per heavy atom. The molecule has 0 spiro atoms. The van der Waals surface area contributed by atoms with Gasteiger partial charge in [0.25, 0.3) is 0 Å². The summed E-state index contributed by atoms with van der Waals surface area (Å²) in [7, 11) is 1.65. The second kappa shape index (κ2) is 7.83. The van der Waals surface area contributed by atoms with Crippen LogP contribution in [0.25, 0.3) is 22.3 Å². The van der Waals surface area contributed by atoms with Crippen molar-refractivity contribution in [3.63, 3.8) is 0 Å². The standard InChI is InChI=1S/C24H23N5O2/c1-14-15(2)29-24(22(28-14)18-10-17-6-8-25-23(17)27-12-18)31-9-7-16-11-20(16)21-5-4-19(30-3)13-26-21/h4-10,12-13,16,20H,11H2,1-3H3,(H,25,27). The van der Waals surface area contributed by atoms with Crippen molar-refractivity contribution in [3.8, 4) is 22.9 Å². The summed E-state index contributed by atoms with van der Waals surface area (Å²) in [5, 5.41) is 1.02. The number of H-pyrrole nitrogens is 1. The maximum atomic E-state index is 5.96. The fourth-order valence-corrected chi connectivity index (χ4v) is 3.63. The van der Waals surface area contributed by atoms with E-state index in [2.05, 4.69) is 26.0 Å². The molecule has 5 rings (SSSR count). The van der Waals surface area contributed by atoms with E-state index in [9.17, 15) is 0 Å². The van der Waals surface area contributed by atoms with E-state index >= 15 is 0 Å². The monoisotopic (exact) mass is 413 g/mol. The van der Waals surface area contributed by atoms with E-state index in [-0.39, 0.29) is 0 Å². The molecule has 7 heteroatoms. The third-order valence-corrected chi connectivity index (χ3v) is 5.67. The summed E-state index contributed by atoms with van der Waals surface area (Å²) in [5.74, 6) is 2.07. The van der Waals surface area contributed by atoms with Crippen LogP contribution in [0.4, 0.5) is 0 Å². The Bertz CT molecular complexity index is 1260. The maximum Gasteiger partial charge on any atom is 0.245 e. The number of aromatic nitrogens is 5. The van der Waals surface area contributed by atoms with Gasteiger partial charge in [-0.3, -0.25) is 4.98 Å². The zero-order chi connectivity index (χ0) is 21.4. The highest BCUT2D eigenvalue weighted by atomic mass is 16.5. The molecule has 0 aromatic carbocycles. The first kappa shape index (κ1) is 19.2. The van der Waals surface area contributed by atoms with Crippen molar-refractivity contribution in [2.75, 3.05) is 7.11 Å². The quantitative estimate of drug-likeness (QED) is 0.460. The smallest absolute Gasteiger partial charge is 0.245 e. The molecule has 4 aromatic heterocycles. The molecule has 1 aliphatic rings. The topological polar surface area (TPSA) is 85.8 Å². The first-order chi connectivity index (χ1) is 15.1. The third kappa shape index (κ3) is 3.86. The number of pyridine rings is 2. The van der Waals surface area contributed by atoms with Gasteiger partial charge in [-0.05, 0) is 56.5 Å². The van der Waals surface area contributed by atoms with Gasteiger partial charge in [0.05, 0.1) is 31.0 Å². The van der Waals surface area contributed by atoms with E-state index in [1.54, 1.807) is 25.8 Å². The summed E-state index contributed by atoms with van der Waals surface area (Å²) in [6.45, 7) is 3.88. The highest BCUT2D eigenvalue weighted by Crippen LogP contribution is 2.47. The summed E-state index contributed by atoms with van der Waals surface area (Å²) in [4.78, 5) is 21.4. The zero-order valence-electron chi connectivity index (χ0n) is 17.7. The first-order valence-electron chi connectivity index (χ1n) is 10.2. The van der Waals surface area contributed by atoms with Gasteiger partial charge in [-0.25, -0.2) is 15.0 Å². The Morgan fingerprint density at radius 3 is 2.74 bits per heavy atom. The number of allylic oxidation sites excluding steroid dienone is 1. The van der Waals surface area contributed by atoms with Crippen LogP contribution in [0.5, 0.6) is 11.6 Å². The highest BCUT2D eigenvalue weighted by Gasteiger charge is 2.37. The van der Waals surface area contributed by atoms with Crippen LogP contribution in [0.2, 0.25) is 0 Å². The number of rotatable bonds is 6. The molecule has 0 radical (unpaired) electrons. The van der Waals surface area contributed by atoms with Gasteiger partial charge in [-0.1, -0.05) is 0 Å². The molecule has 31 heavy (non-hydrogen) atoms. The lowest BCUT2D eigenvalue weighted by Gasteiger charge is -2.10. The molecule has 4 aromatic rings. The van der Waals surface area contributed by atoms with E-state index < -0.39 is 0 Å². The fourth-order valence-electron chi connectivity index (χ4n) is 3.63. The number of nitrogens with one attached hydrogen (secondary N) is 1. The molecule has 156 valence electrons. The second-order valence-corrected chi connectivity index (χ2v) is 7.76. The largest absolute Gasteiger partial charge is 0.495 e. The van der Waals surface area contributed by atoms with Crippen LogP contribution in [-0.4, -0.2) is 32.0 Å². The maximum absolute atomic E-state index is 5.96. The lowest BCUT2D eigenvalue weighted by molar-refractivity contribution is 0.412. The molecule has 2 unspecified atom stereocenters. The second-order valence-electron chi connectivity index (χ2n) is 7.76. The molecule has 0 amide bonds. The van der Waals surface area contributed by atoms with Crippen LogP contribution < -0.4 is 9.47 Å². The minimum Gasteiger partial charge on any atom is -0.495 e. The Hall–Kier alpha value is -3.74. The number of aryl methyl sites for hydroxylation is 2. The van der Waals surface area contributed by atoms with Crippen LogP contribution in [0.3, 0.4) is 0 Å². The first-order valence-corrected chi connectivity index (χ1v) is 10.2. The molecular formula is C24H23N5O2. The highest BCUT2D eigenvalue weighted by molar-refractivity contribution is 5.81. The van der Waals surface area contributed by atoms with Crippen molar-refractivity contribution in [3.05, 3.63) is 72.3 Å².